The largest absolute Gasteiger partial charge is 0.348 e. The Kier molecular flexibility index (Phi) is 7.78. The molecule has 0 atom stereocenters. The van der Waals surface area contributed by atoms with Gasteiger partial charge >= 0.3 is 0 Å². The Balaban J connectivity index is 1.48. The molecule has 3 rings (SSSR count). The van der Waals surface area contributed by atoms with Crippen LogP contribution in [-0.2, 0) is 9.47 Å². The Hall–Kier alpha value is -0.860. The van der Waals surface area contributed by atoms with Gasteiger partial charge in [0.1, 0.15) is 0 Å². The first-order chi connectivity index (χ1) is 13.1. The topological polar surface area (TPSA) is 18.5 Å². The van der Waals surface area contributed by atoms with E-state index in [9.17, 15) is 0 Å². The summed E-state index contributed by atoms with van der Waals surface area (Å²) in [5, 5.41) is 0. The van der Waals surface area contributed by atoms with E-state index in [1.807, 2.05) is 0 Å². The third kappa shape index (κ3) is 5.81. The van der Waals surface area contributed by atoms with Crippen LogP contribution in [0.25, 0.3) is 0 Å². The van der Waals surface area contributed by atoms with Gasteiger partial charge in [-0.2, -0.15) is 0 Å². The average Bonchev–Trinajstić information content (AvgIpc) is 2.70. The highest BCUT2D eigenvalue weighted by atomic mass is 16.7. The molecule has 152 valence electrons. The Morgan fingerprint density at radius 1 is 0.889 bits per heavy atom. The molecule has 27 heavy (non-hydrogen) atoms. The second-order valence-corrected chi connectivity index (χ2v) is 9.36. The van der Waals surface area contributed by atoms with Gasteiger partial charge in [0.2, 0.25) is 0 Å². The molecule has 0 amide bonds. The molecule has 2 heteroatoms. The molecule has 2 nitrogen and oxygen atoms in total. The maximum atomic E-state index is 5.97. The number of hydrogen-bond donors (Lipinski definition) is 0. The van der Waals surface area contributed by atoms with Gasteiger partial charge in [0.25, 0.3) is 0 Å². The lowest BCUT2D eigenvalue weighted by atomic mass is 9.68. The van der Waals surface area contributed by atoms with Crippen LogP contribution in [0.5, 0.6) is 0 Å². The normalized spacial score (nSPS) is 31.7. The Bertz CT molecular complexity index is 534. The molecule has 1 saturated heterocycles. The van der Waals surface area contributed by atoms with Crippen LogP contribution in [0, 0.1) is 11.3 Å². The van der Waals surface area contributed by atoms with Crippen molar-refractivity contribution < 1.29 is 9.47 Å². The maximum Gasteiger partial charge on any atom is 0.183 e. The molecule has 2 fully saturated rings. The summed E-state index contributed by atoms with van der Waals surface area (Å²) in [6.45, 7) is 8.71. The first-order valence-corrected chi connectivity index (χ1v) is 11.5. The first kappa shape index (κ1) is 20.9. The second-order valence-electron chi connectivity index (χ2n) is 9.36. The summed E-state index contributed by atoms with van der Waals surface area (Å²) in [6, 6.07) is 9.11. The van der Waals surface area contributed by atoms with Crippen molar-refractivity contribution in [1.82, 2.24) is 0 Å². The highest BCUT2D eigenvalue weighted by Crippen LogP contribution is 2.45. The lowest BCUT2D eigenvalue weighted by molar-refractivity contribution is -0.206. The van der Waals surface area contributed by atoms with Crippen molar-refractivity contribution in [2.75, 3.05) is 13.2 Å². The van der Waals surface area contributed by atoms with E-state index in [0.717, 1.165) is 19.1 Å². The summed E-state index contributed by atoms with van der Waals surface area (Å²) < 4.78 is 11.9. The summed E-state index contributed by atoms with van der Waals surface area (Å²) in [4.78, 5) is 0. The monoisotopic (exact) mass is 372 g/mol. The van der Waals surface area contributed by atoms with E-state index in [0.29, 0.717) is 11.3 Å². The molecule has 1 aromatic rings. The van der Waals surface area contributed by atoms with Crippen LogP contribution in [-0.4, -0.2) is 13.2 Å². The molecular weight excluding hydrogens is 332 g/mol. The van der Waals surface area contributed by atoms with Gasteiger partial charge in [-0.05, 0) is 55.4 Å². The molecule has 0 N–H and O–H groups in total. The molecule has 1 aromatic carbocycles. The van der Waals surface area contributed by atoms with Gasteiger partial charge in [0.15, 0.2) is 6.29 Å². The van der Waals surface area contributed by atoms with Crippen molar-refractivity contribution >= 4 is 0 Å². The van der Waals surface area contributed by atoms with Gasteiger partial charge < -0.3 is 9.47 Å². The van der Waals surface area contributed by atoms with Crippen molar-refractivity contribution in [1.29, 1.82) is 0 Å². The maximum absolute atomic E-state index is 5.97. The van der Waals surface area contributed by atoms with Crippen molar-refractivity contribution in [3.05, 3.63) is 35.4 Å². The highest BCUT2D eigenvalue weighted by Gasteiger charge is 2.31. The zero-order valence-electron chi connectivity index (χ0n) is 17.8. The van der Waals surface area contributed by atoms with Crippen LogP contribution in [0.1, 0.15) is 108 Å². The Morgan fingerprint density at radius 3 is 2.11 bits per heavy atom. The fraction of sp³-hybridized carbons (Fsp3) is 0.760. The summed E-state index contributed by atoms with van der Waals surface area (Å²) in [5.41, 5.74) is 3.27. The van der Waals surface area contributed by atoms with Gasteiger partial charge in [-0.25, -0.2) is 0 Å². The molecule has 1 aliphatic carbocycles. The zero-order chi connectivity index (χ0) is 19.1. The minimum atomic E-state index is -0.166. The number of benzene rings is 1. The highest BCUT2D eigenvalue weighted by molar-refractivity contribution is 5.26. The number of rotatable bonds is 8. The van der Waals surface area contributed by atoms with Gasteiger partial charge in [-0.1, -0.05) is 70.7 Å². The lowest BCUT2D eigenvalue weighted by Crippen LogP contribution is -2.27. The van der Waals surface area contributed by atoms with E-state index in [4.69, 9.17) is 9.47 Å². The smallest absolute Gasteiger partial charge is 0.183 e. The predicted molar refractivity (Wildman–Crippen MR) is 113 cm³/mol. The van der Waals surface area contributed by atoms with E-state index in [2.05, 4.69) is 45.0 Å². The van der Waals surface area contributed by atoms with Crippen LogP contribution in [0.4, 0.5) is 0 Å². The fourth-order valence-corrected chi connectivity index (χ4v) is 4.94. The standard InChI is InChI=1S/C25H40O2/c1-4-6-7-15-25(3)16-13-22(14-17-25)21-9-11-23(12-10-21)24-26-18-20(8-5-2)19-27-24/h9-12,20,22,24H,4-8,13-19H2,1-3H3. The van der Waals surface area contributed by atoms with Gasteiger partial charge in [0, 0.05) is 11.5 Å². The third-order valence-electron chi connectivity index (χ3n) is 6.92. The van der Waals surface area contributed by atoms with Gasteiger partial charge in [-0.15, -0.1) is 0 Å². The SMILES string of the molecule is CCCCCC1(C)CCC(c2ccc(C3OCC(CCC)CO3)cc2)CC1. The van der Waals surface area contributed by atoms with E-state index >= 15 is 0 Å². The van der Waals surface area contributed by atoms with Crippen molar-refractivity contribution in [2.24, 2.45) is 11.3 Å². The summed E-state index contributed by atoms with van der Waals surface area (Å²) >= 11 is 0. The fourth-order valence-electron chi connectivity index (χ4n) is 4.94. The molecule has 0 spiro atoms. The van der Waals surface area contributed by atoms with Gasteiger partial charge in [-0.3, -0.25) is 0 Å². The molecule has 1 aliphatic heterocycles. The van der Waals surface area contributed by atoms with Crippen LogP contribution >= 0.6 is 0 Å². The second kappa shape index (κ2) is 10.1. The molecular formula is C25H40O2. The Morgan fingerprint density at radius 2 is 1.52 bits per heavy atom. The van der Waals surface area contributed by atoms with Crippen molar-refractivity contribution in [3.8, 4) is 0 Å². The lowest BCUT2D eigenvalue weighted by Gasteiger charge is -2.38. The van der Waals surface area contributed by atoms with Crippen LogP contribution in [0.2, 0.25) is 0 Å². The predicted octanol–water partition coefficient (Wildman–Crippen LogP) is 7.39. The van der Waals surface area contributed by atoms with Crippen LogP contribution < -0.4 is 0 Å². The van der Waals surface area contributed by atoms with E-state index in [-0.39, 0.29) is 6.29 Å². The van der Waals surface area contributed by atoms with Crippen LogP contribution in [0.3, 0.4) is 0 Å². The molecule has 0 unspecified atom stereocenters. The zero-order valence-corrected chi connectivity index (χ0v) is 17.8. The molecule has 1 saturated carbocycles. The van der Waals surface area contributed by atoms with E-state index in [1.54, 1.807) is 0 Å². The Labute approximate surface area is 167 Å². The quantitative estimate of drug-likeness (QED) is 0.443. The van der Waals surface area contributed by atoms with Crippen LogP contribution in [0.15, 0.2) is 24.3 Å². The van der Waals surface area contributed by atoms with Crippen molar-refractivity contribution in [3.63, 3.8) is 0 Å². The molecule has 2 aliphatic rings. The van der Waals surface area contributed by atoms with E-state index in [1.165, 1.54) is 75.3 Å². The number of ether oxygens (including phenoxy) is 2. The van der Waals surface area contributed by atoms with Gasteiger partial charge in [0.05, 0.1) is 13.2 Å². The summed E-state index contributed by atoms with van der Waals surface area (Å²) in [5.74, 6) is 1.31. The summed E-state index contributed by atoms with van der Waals surface area (Å²) in [6.07, 6.45) is 13.3. The summed E-state index contributed by atoms with van der Waals surface area (Å²) in [7, 11) is 0. The molecule has 0 bridgehead atoms. The average molecular weight is 373 g/mol. The van der Waals surface area contributed by atoms with Crippen molar-refractivity contribution in [2.45, 2.75) is 97.2 Å². The molecule has 0 radical (unpaired) electrons. The first-order valence-electron chi connectivity index (χ1n) is 11.5. The number of unbranched alkanes of at least 4 members (excludes halogenated alkanes) is 2. The molecule has 0 aromatic heterocycles. The minimum Gasteiger partial charge on any atom is -0.348 e. The minimum absolute atomic E-state index is 0.166. The van der Waals surface area contributed by atoms with E-state index < -0.39 is 0 Å². The molecule has 1 heterocycles. The third-order valence-corrected chi connectivity index (χ3v) is 6.92. The number of hydrogen-bond acceptors (Lipinski definition) is 2.